The summed E-state index contributed by atoms with van der Waals surface area (Å²) in [5.41, 5.74) is 4.46. The fourth-order valence-electron chi connectivity index (χ4n) is 2.89. The van der Waals surface area contributed by atoms with Crippen LogP contribution in [0.3, 0.4) is 0 Å². The monoisotopic (exact) mass is 360 g/mol. The van der Waals surface area contributed by atoms with E-state index in [0.717, 1.165) is 21.6 Å². The van der Waals surface area contributed by atoms with Crippen LogP contribution in [0, 0.1) is 6.92 Å². The van der Waals surface area contributed by atoms with Crippen molar-refractivity contribution in [1.82, 2.24) is 30.3 Å². The molecule has 0 saturated heterocycles. The molecule has 1 aromatic carbocycles. The van der Waals surface area contributed by atoms with Crippen molar-refractivity contribution in [2.75, 3.05) is 0 Å². The van der Waals surface area contributed by atoms with E-state index in [1.54, 1.807) is 22.3 Å². The highest BCUT2D eigenvalue weighted by molar-refractivity contribution is 7.13. The number of benzene rings is 1. The molecule has 4 heterocycles. The Bertz CT molecular complexity index is 1190. The highest BCUT2D eigenvalue weighted by Gasteiger charge is 2.21. The number of thiophene rings is 1. The average molecular weight is 360 g/mol. The Morgan fingerprint density at radius 3 is 2.58 bits per heavy atom. The van der Waals surface area contributed by atoms with Crippen molar-refractivity contribution in [2.45, 2.75) is 6.92 Å². The maximum absolute atomic E-state index is 5.22. The van der Waals surface area contributed by atoms with Gasteiger partial charge in [0.15, 0.2) is 0 Å². The second-order valence-corrected chi connectivity index (χ2v) is 6.67. The van der Waals surface area contributed by atoms with E-state index in [4.69, 9.17) is 4.52 Å². The third-order valence-electron chi connectivity index (χ3n) is 4.17. The van der Waals surface area contributed by atoms with Gasteiger partial charge in [-0.25, -0.2) is 4.68 Å². The molecule has 5 aromatic rings. The Balaban J connectivity index is 1.69. The number of aromatic nitrogens is 6. The first kappa shape index (κ1) is 14.9. The maximum atomic E-state index is 5.22. The maximum Gasteiger partial charge on any atom is 0.145 e. The van der Waals surface area contributed by atoms with E-state index < -0.39 is 0 Å². The van der Waals surface area contributed by atoms with Crippen LogP contribution in [0.4, 0.5) is 0 Å². The van der Waals surface area contributed by atoms with Crippen LogP contribution in [0.2, 0.25) is 0 Å². The van der Waals surface area contributed by atoms with E-state index >= 15 is 0 Å². The summed E-state index contributed by atoms with van der Waals surface area (Å²) < 4.78 is 7.00. The zero-order valence-electron chi connectivity index (χ0n) is 13.7. The quantitative estimate of drug-likeness (QED) is 0.485. The number of fused-ring (bicyclic) bond motifs is 1. The van der Waals surface area contributed by atoms with E-state index in [0.29, 0.717) is 22.6 Å². The lowest BCUT2D eigenvalue weighted by molar-refractivity contribution is 0.428. The minimum atomic E-state index is 0.612. The lowest BCUT2D eigenvalue weighted by atomic mass is 10.1. The lowest BCUT2D eigenvalue weighted by Crippen LogP contribution is -1.99. The molecule has 5 rings (SSSR count). The van der Waals surface area contributed by atoms with Crippen LogP contribution in [0.15, 0.2) is 58.6 Å². The zero-order chi connectivity index (χ0) is 17.5. The van der Waals surface area contributed by atoms with E-state index in [-0.39, 0.29) is 0 Å². The van der Waals surface area contributed by atoms with Crippen LogP contribution in [-0.4, -0.2) is 30.3 Å². The van der Waals surface area contributed by atoms with Gasteiger partial charge in [0.05, 0.1) is 21.6 Å². The lowest BCUT2D eigenvalue weighted by Gasteiger charge is -2.04. The number of hydrogen-bond acceptors (Lipinski definition) is 7. The van der Waals surface area contributed by atoms with Crippen LogP contribution in [0.25, 0.3) is 38.5 Å². The van der Waals surface area contributed by atoms with Crippen LogP contribution >= 0.6 is 11.3 Å². The number of rotatable bonds is 3. The zero-order valence-corrected chi connectivity index (χ0v) is 14.5. The van der Waals surface area contributed by atoms with Gasteiger partial charge in [-0.2, -0.15) is 0 Å². The molecule has 0 spiro atoms. The highest BCUT2D eigenvalue weighted by atomic mass is 32.1. The van der Waals surface area contributed by atoms with Gasteiger partial charge in [0.25, 0.3) is 0 Å². The molecule has 0 atom stereocenters. The van der Waals surface area contributed by atoms with Crippen LogP contribution in [0.1, 0.15) is 5.69 Å². The van der Waals surface area contributed by atoms with Gasteiger partial charge in [-0.1, -0.05) is 34.6 Å². The van der Waals surface area contributed by atoms with E-state index in [1.807, 2.05) is 54.8 Å². The number of para-hydroxylation sites is 1. The molecular formula is C18H12N6OS. The molecular weight excluding hydrogens is 348 g/mol. The molecule has 8 heteroatoms. The van der Waals surface area contributed by atoms with Crippen molar-refractivity contribution in [2.24, 2.45) is 0 Å². The first-order valence-corrected chi connectivity index (χ1v) is 8.83. The van der Waals surface area contributed by atoms with Gasteiger partial charge >= 0.3 is 0 Å². The minimum absolute atomic E-state index is 0.612. The van der Waals surface area contributed by atoms with Crippen LogP contribution in [-0.2, 0) is 0 Å². The molecule has 0 amide bonds. The van der Waals surface area contributed by atoms with Crippen molar-refractivity contribution in [3.8, 4) is 27.6 Å². The molecule has 0 saturated carbocycles. The fourth-order valence-corrected chi connectivity index (χ4v) is 3.60. The van der Waals surface area contributed by atoms with Crippen molar-refractivity contribution < 1.29 is 4.52 Å². The third kappa shape index (κ3) is 2.23. The summed E-state index contributed by atoms with van der Waals surface area (Å²) in [5, 5.41) is 24.3. The smallest absolute Gasteiger partial charge is 0.145 e. The van der Waals surface area contributed by atoms with E-state index in [1.165, 1.54) is 0 Å². The van der Waals surface area contributed by atoms with E-state index in [2.05, 4.69) is 25.7 Å². The van der Waals surface area contributed by atoms with Crippen molar-refractivity contribution in [1.29, 1.82) is 0 Å². The Hall–Kier alpha value is -3.39. The Morgan fingerprint density at radius 2 is 1.77 bits per heavy atom. The van der Waals surface area contributed by atoms with Gasteiger partial charge in [-0.05, 0) is 30.5 Å². The molecule has 126 valence electrons. The molecule has 0 aliphatic heterocycles. The predicted octanol–water partition coefficient (Wildman–Crippen LogP) is 3.90. The Kier molecular flexibility index (Phi) is 3.36. The number of hydrogen-bond donors (Lipinski definition) is 0. The summed E-state index contributed by atoms with van der Waals surface area (Å²) in [6.45, 7) is 1.95. The highest BCUT2D eigenvalue weighted by Crippen LogP contribution is 2.33. The number of nitrogens with zero attached hydrogens (tertiary/aromatic N) is 6. The molecule has 7 nitrogen and oxygen atoms in total. The SMILES string of the molecule is Cc1c(-c2nnc(-c3cccs3)c3nocc23)nnn1-c1ccccc1. The van der Waals surface area contributed by atoms with Gasteiger partial charge < -0.3 is 4.52 Å². The summed E-state index contributed by atoms with van der Waals surface area (Å²) >= 11 is 1.58. The van der Waals surface area contributed by atoms with Crippen molar-refractivity contribution >= 4 is 22.2 Å². The van der Waals surface area contributed by atoms with Crippen molar-refractivity contribution in [3.63, 3.8) is 0 Å². The van der Waals surface area contributed by atoms with E-state index in [9.17, 15) is 0 Å². The minimum Gasteiger partial charge on any atom is -0.363 e. The first-order chi connectivity index (χ1) is 12.8. The summed E-state index contributed by atoms with van der Waals surface area (Å²) in [7, 11) is 0. The molecule has 0 N–H and O–H groups in total. The summed E-state index contributed by atoms with van der Waals surface area (Å²) in [6.07, 6.45) is 1.58. The molecule has 4 aromatic heterocycles. The molecule has 0 radical (unpaired) electrons. The van der Waals surface area contributed by atoms with Gasteiger partial charge in [0, 0.05) is 0 Å². The first-order valence-electron chi connectivity index (χ1n) is 7.95. The summed E-state index contributed by atoms with van der Waals surface area (Å²) in [4.78, 5) is 0.993. The third-order valence-corrected chi connectivity index (χ3v) is 5.05. The second kappa shape index (κ2) is 5.85. The largest absolute Gasteiger partial charge is 0.363 e. The van der Waals surface area contributed by atoms with Crippen molar-refractivity contribution in [3.05, 3.63) is 59.8 Å². The van der Waals surface area contributed by atoms with Gasteiger partial charge in [0.2, 0.25) is 0 Å². The second-order valence-electron chi connectivity index (χ2n) is 5.72. The van der Waals surface area contributed by atoms with Gasteiger partial charge in [-0.3, -0.25) is 0 Å². The average Bonchev–Trinajstić information content (AvgIpc) is 3.43. The molecule has 0 fully saturated rings. The summed E-state index contributed by atoms with van der Waals surface area (Å²) in [6, 6.07) is 13.8. The Labute approximate surface area is 151 Å². The standard InChI is InChI=1S/C18H12N6OS/c1-11-15(21-23-24(11)12-6-3-2-4-7-12)16-13-10-25-22-17(13)18(20-19-16)14-8-5-9-26-14/h2-10H,1H3. The van der Waals surface area contributed by atoms with Crippen LogP contribution < -0.4 is 0 Å². The van der Waals surface area contributed by atoms with Gasteiger partial charge in [-0.15, -0.1) is 26.6 Å². The summed E-state index contributed by atoms with van der Waals surface area (Å²) in [5.74, 6) is 0. The predicted molar refractivity (Wildman–Crippen MR) is 98.0 cm³/mol. The molecule has 0 bridgehead atoms. The fraction of sp³-hybridized carbons (Fsp3) is 0.0556. The normalized spacial score (nSPS) is 11.3. The molecule has 0 aliphatic rings. The Morgan fingerprint density at radius 1 is 0.923 bits per heavy atom. The molecule has 0 aliphatic carbocycles. The molecule has 0 unspecified atom stereocenters. The topological polar surface area (TPSA) is 82.5 Å². The van der Waals surface area contributed by atoms with Gasteiger partial charge in [0.1, 0.15) is 28.9 Å². The van der Waals surface area contributed by atoms with Crippen LogP contribution in [0.5, 0.6) is 0 Å². The molecule has 26 heavy (non-hydrogen) atoms.